The highest BCUT2D eigenvalue weighted by Crippen LogP contribution is 2.46. The van der Waals surface area contributed by atoms with E-state index >= 15 is 0 Å². The van der Waals surface area contributed by atoms with Crippen molar-refractivity contribution in [3.05, 3.63) is 59.4 Å². The predicted molar refractivity (Wildman–Crippen MR) is 182 cm³/mol. The normalized spacial score (nSPS) is 29.5. The van der Waals surface area contributed by atoms with Crippen LogP contribution in [0.4, 0.5) is 4.79 Å². The zero-order chi connectivity index (χ0) is 32.8. The number of thioether (sulfide) groups is 1. The number of nitrogens with one attached hydrogen (secondary N) is 3. The van der Waals surface area contributed by atoms with Crippen LogP contribution < -0.4 is 10.6 Å². The lowest BCUT2D eigenvalue weighted by molar-refractivity contribution is -0.156. The number of carbonyl (C=O) groups excluding carboxylic acids is 4. The molecule has 4 amide bonds. The highest BCUT2D eigenvalue weighted by molar-refractivity contribution is 8.00. The average Bonchev–Trinajstić information content (AvgIpc) is 3.57. The van der Waals surface area contributed by atoms with Gasteiger partial charge in [-0.25, -0.2) is 9.59 Å². The third kappa shape index (κ3) is 6.05. The highest BCUT2D eigenvalue weighted by Gasteiger charge is 2.47. The molecule has 12 heteroatoms. The summed E-state index contributed by atoms with van der Waals surface area (Å²) in [4.78, 5) is 59.2. The first-order chi connectivity index (χ1) is 22.8. The number of unbranched alkanes of at least 4 members (excludes halogenated alkanes) is 1. The van der Waals surface area contributed by atoms with E-state index in [-0.39, 0.29) is 53.7 Å². The van der Waals surface area contributed by atoms with Crippen LogP contribution in [0, 0.1) is 11.8 Å². The van der Waals surface area contributed by atoms with Gasteiger partial charge in [0, 0.05) is 58.1 Å². The molecule has 5 aliphatic rings. The van der Waals surface area contributed by atoms with Crippen LogP contribution in [0.5, 0.6) is 0 Å². The fourth-order valence-electron chi connectivity index (χ4n) is 8.08. The smallest absolute Gasteiger partial charge is 0.328 e. The Hall–Kier alpha value is -3.44. The molecule has 0 bridgehead atoms. The lowest BCUT2D eigenvalue weighted by Crippen LogP contribution is -2.54. The molecule has 3 N–H and O–H groups in total. The van der Waals surface area contributed by atoms with E-state index in [0.717, 1.165) is 65.7 Å². The largest absolute Gasteiger partial charge is 0.467 e. The number of urea groups is 1. The number of alkyl halides is 1. The minimum Gasteiger partial charge on any atom is -0.467 e. The first-order valence-electron chi connectivity index (χ1n) is 16.7. The van der Waals surface area contributed by atoms with E-state index in [4.69, 9.17) is 16.3 Å². The van der Waals surface area contributed by atoms with Gasteiger partial charge in [-0.3, -0.25) is 9.59 Å². The van der Waals surface area contributed by atoms with Gasteiger partial charge in [-0.15, -0.1) is 11.6 Å². The maximum absolute atomic E-state index is 13.7. The van der Waals surface area contributed by atoms with E-state index in [1.807, 2.05) is 47.0 Å². The summed E-state index contributed by atoms with van der Waals surface area (Å²) in [5.41, 5.74) is 3.79. The Morgan fingerprint density at radius 3 is 2.70 bits per heavy atom. The molecule has 2 aromatic rings. The number of hydrogen-bond donors (Lipinski definition) is 3. The number of allylic oxidation sites excluding steroid dienone is 2. The van der Waals surface area contributed by atoms with E-state index in [0.29, 0.717) is 18.1 Å². The first kappa shape index (κ1) is 32.1. The summed E-state index contributed by atoms with van der Waals surface area (Å²) in [6, 6.07) is 7.26. The zero-order valence-corrected chi connectivity index (χ0v) is 28.3. The predicted octanol–water partition coefficient (Wildman–Crippen LogP) is 4.80. The molecule has 1 aromatic heterocycles. The van der Waals surface area contributed by atoms with Gasteiger partial charge in [-0.1, -0.05) is 43.7 Å². The minimum atomic E-state index is -0.798. The van der Waals surface area contributed by atoms with E-state index in [9.17, 15) is 19.2 Å². The lowest BCUT2D eigenvalue weighted by Gasteiger charge is -2.45. The van der Waals surface area contributed by atoms with Crippen LogP contribution in [0.25, 0.3) is 10.9 Å². The van der Waals surface area contributed by atoms with E-state index in [1.165, 1.54) is 7.11 Å². The van der Waals surface area contributed by atoms with Gasteiger partial charge in [0.15, 0.2) is 0 Å². The zero-order valence-electron chi connectivity index (χ0n) is 26.7. The number of hydrogen-bond acceptors (Lipinski definition) is 6. The van der Waals surface area contributed by atoms with Crippen LogP contribution in [-0.4, -0.2) is 86.8 Å². The number of fused-ring (bicyclic) bond motifs is 4. The minimum absolute atomic E-state index is 0.0436. The number of ether oxygens (including phenoxy) is 1. The van der Waals surface area contributed by atoms with Crippen LogP contribution in [-0.2, 0) is 25.5 Å². The number of methoxy groups -OCH3 is 1. The number of halogens is 1. The SMILES string of the molecule is COC(=O)[C@H]1Cc2c([nH]c3ccccc23)[C@H](C2C=CC(N(C(=O)CCCC[C@@H]3SC[C@@H]4NC(=O)N[C@@H]43)C3CC3)=CC2C)N1C(=O)CCl. The van der Waals surface area contributed by atoms with Crippen LogP contribution in [0.3, 0.4) is 0 Å². The third-order valence-corrected chi connectivity index (χ3v) is 12.2. The molecule has 10 nitrogen and oxygen atoms in total. The van der Waals surface area contributed by atoms with Gasteiger partial charge >= 0.3 is 12.0 Å². The van der Waals surface area contributed by atoms with Crippen molar-refractivity contribution in [3.8, 4) is 0 Å². The van der Waals surface area contributed by atoms with Crippen LogP contribution >= 0.6 is 23.4 Å². The number of amides is 4. The van der Waals surface area contributed by atoms with Gasteiger partial charge < -0.3 is 30.2 Å². The maximum Gasteiger partial charge on any atom is 0.328 e. The summed E-state index contributed by atoms with van der Waals surface area (Å²) in [5.74, 6) is -0.165. The van der Waals surface area contributed by atoms with Crippen molar-refractivity contribution in [2.75, 3.05) is 18.7 Å². The van der Waals surface area contributed by atoms with Crippen molar-refractivity contribution in [1.82, 2.24) is 25.4 Å². The lowest BCUT2D eigenvalue weighted by atomic mass is 9.77. The van der Waals surface area contributed by atoms with Crippen LogP contribution in [0.15, 0.2) is 48.2 Å². The Labute approximate surface area is 284 Å². The summed E-state index contributed by atoms with van der Waals surface area (Å²) in [6.45, 7) is 2.11. The number of nitrogens with zero attached hydrogens (tertiary/aromatic N) is 2. The number of rotatable bonds is 10. The van der Waals surface area contributed by atoms with E-state index in [2.05, 4.69) is 34.7 Å². The molecule has 250 valence electrons. The van der Waals surface area contributed by atoms with Crippen LogP contribution in [0.2, 0.25) is 0 Å². The Balaban J connectivity index is 1.09. The molecule has 2 aliphatic carbocycles. The van der Waals surface area contributed by atoms with Gasteiger partial charge in [-0.05, 0) is 49.3 Å². The number of para-hydroxylation sites is 1. The highest BCUT2D eigenvalue weighted by atomic mass is 35.5. The summed E-state index contributed by atoms with van der Waals surface area (Å²) in [6.07, 6.45) is 11.8. The van der Waals surface area contributed by atoms with Gasteiger partial charge in [0.1, 0.15) is 11.9 Å². The molecule has 7 atom stereocenters. The van der Waals surface area contributed by atoms with Crippen molar-refractivity contribution < 1.29 is 23.9 Å². The van der Waals surface area contributed by atoms with Crippen molar-refractivity contribution in [2.24, 2.45) is 11.8 Å². The first-order valence-corrected chi connectivity index (χ1v) is 18.3. The van der Waals surface area contributed by atoms with Gasteiger partial charge in [0.25, 0.3) is 0 Å². The van der Waals surface area contributed by atoms with Gasteiger partial charge in [0.05, 0.1) is 25.2 Å². The molecule has 3 aliphatic heterocycles. The van der Waals surface area contributed by atoms with E-state index < -0.39 is 18.1 Å². The molecule has 1 aromatic carbocycles. The number of aromatic nitrogens is 1. The van der Waals surface area contributed by atoms with Crippen molar-refractivity contribution in [2.45, 2.75) is 87.3 Å². The summed E-state index contributed by atoms with van der Waals surface area (Å²) >= 11 is 8.06. The second-order valence-electron chi connectivity index (χ2n) is 13.4. The molecule has 7 rings (SSSR count). The Morgan fingerprint density at radius 2 is 1.96 bits per heavy atom. The second kappa shape index (κ2) is 13.2. The second-order valence-corrected chi connectivity index (χ2v) is 15.0. The molecule has 4 heterocycles. The average molecular weight is 680 g/mol. The van der Waals surface area contributed by atoms with Gasteiger partial charge in [-0.2, -0.15) is 11.8 Å². The number of benzene rings is 1. The molecule has 0 radical (unpaired) electrons. The Kier molecular flexibility index (Phi) is 9.04. The summed E-state index contributed by atoms with van der Waals surface area (Å²) in [7, 11) is 1.35. The molecular formula is C35H42ClN5O5S. The molecule has 47 heavy (non-hydrogen) atoms. The molecule has 1 saturated carbocycles. The molecule has 3 fully saturated rings. The van der Waals surface area contributed by atoms with Crippen molar-refractivity contribution >= 4 is 58.1 Å². The number of aromatic amines is 1. The Morgan fingerprint density at radius 1 is 1.15 bits per heavy atom. The molecule has 2 saturated heterocycles. The number of carbonyl (C=O) groups is 4. The number of esters is 1. The van der Waals surface area contributed by atoms with Crippen molar-refractivity contribution in [1.29, 1.82) is 0 Å². The number of H-pyrrole nitrogens is 1. The fraction of sp³-hybridized carbons (Fsp3) is 0.543. The topological polar surface area (TPSA) is 124 Å². The monoisotopic (exact) mass is 679 g/mol. The molecule has 0 spiro atoms. The van der Waals surface area contributed by atoms with Gasteiger partial charge in [0.2, 0.25) is 11.8 Å². The third-order valence-electron chi connectivity index (χ3n) is 10.5. The van der Waals surface area contributed by atoms with Crippen LogP contribution in [0.1, 0.15) is 62.7 Å². The van der Waals surface area contributed by atoms with Crippen molar-refractivity contribution in [3.63, 3.8) is 0 Å². The van der Waals surface area contributed by atoms with E-state index in [1.54, 1.807) is 4.90 Å². The molecular weight excluding hydrogens is 638 g/mol. The molecule has 2 unspecified atom stereocenters. The Bertz CT molecular complexity index is 1640. The fourth-order valence-corrected chi connectivity index (χ4v) is 9.76. The standard InChI is InChI=1S/C35H42ClN5O5S/c1-19-15-21(40(20-11-12-20)29(42)10-6-5-9-28-32-26(18-47-28)38-35(45)39-32)13-14-22(19)33-31-24(23-7-3-4-8-25(23)37-31)16-27(34(44)46-2)41(33)30(43)17-36/h3-4,7-8,13-15,19-20,22,26-28,32-33,37H,5-6,9-12,16-18H2,1-2H3,(H2,38,39,45)/t19?,22?,26-,27+,28-,32-,33-/m0/s1. The summed E-state index contributed by atoms with van der Waals surface area (Å²) < 4.78 is 5.20. The summed E-state index contributed by atoms with van der Waals surface area (Å²) in [5, 5.41) is 7.46. The quantitative estimate of drug-likeness (QED) is 0.144. The maximum atomic E-state index is 13.7.